The van der Waals surface area contributed by atoms with Crippen LogP contribution in [-0.4, -0.2) is 43.9 Å². The van der Waals surface area contributed by atoms with Crippen LogP contribution in [0.2, 0.25) is 0 Å². The third kappa shape index (κ3) is 6.98. The van der Waals surface area contributed by atoms with Crippen molar-refractivity contribution < 1.29 is 19.1 Å². The Morgan fingerprint density at radius 2 is 1.94 bits per heavy atom. The molecule has 0 bridgehead atoms. The van der Waals surface area contributed by atoms with E-state index >= 15 is 0 Å². The highest BCUT2D eigenvalue weighted by Crippen LogP contribution is 2.33. The molecule has 0 aliphatic carbocycles. The smallest absolute Gasteiger partial charge is 0.407 e. The fourth-order valence-electron chi connectivity index (χ4n) is 3.85. The second-order valence-electron chi connectivity index (χ2n) is 9.03. The summed E-state index contributed by atoms with van der Waals surface area (Å²) in [6.07, 6.45) is 1.73. The van der Waals surface area contributed by atoms with E-state index in [0.717, 1.165) is 29.8 Å². The minimum Gasteiger partial charge on any atom is -0.462 e. The third-order valence-electron chi connectivity index (χ3n) is 5.23. The second kappa shape index (κ2) is 10.9. The van der Waals surface area contributed by atoms with E-state index < -0.39 is 11.7 Å². The van der Waals surface area contributed by atoms with Gasteiger partial charge in [0.05, 0.1) is 23.4 Å². The van der Waals surface area contributed by atoms with E-state index in [-0.39, 0.29) is 5.97 Å². The molecule has 1 heterocycles. The van der Waals surface area contributed by atoms with Crippen molar-refractivity contribution >= 4 is 17.7 Å². The summed E-state index contributed by atoms with van der Waals surface area (Å²) in [5.74, 6) is -0.320. The zero-order valence-corrected chi connectivity index (χ0v) is 19.5. The van der Waals surface area contributed by atoms with Gasteiger partial charge in [0, 0.05) is 19.6 Å². The van der Waals surface area contributed by atoms with Gasteiger partial charge in [-0.2, -0.15) is 5.26 Å². The molecule has 3 rings (SSSR count). The van der Waals surface area contributed by atoms with Gasteiger partial charge in [-0.3, -0.25) is 0 Å². The fourth-order valence-corrected chi connectivity index (χ4v) is 3.85. The molecule has 0 radical (unpaired) electrons. The molecule has 0 unspecified atom stereocenters. The van der Waals surface area contributed by atoms with Gasteiger partial charge in [-0.1, -0.05) is 24.3 Å². The summed E-state index contributed by atoms with van der Waals surface area (Å²) in [4.78, 5) is 26.1. The van der Waals surface area contributed by atoms with Crippen molar-refractivity contribution in [1.82, 2.24) is 5.32 Å². The molecule has 7 nitrogen and oxygen atoms in total. The lowest BCUT2D eigenvalue weighted by atomic mass is 10.0. The highest BCUT2D eigenvalue weighted by atomic mass is 16.6. The van der Waals surface area contributed by atoms with Crippen LogP contribution < -0.4 is 10.2 Å². The molecule has 0 fully saturated rings. The number of esters is 1. The molecule has 1 amide bonds. The van der Waals surface area contributed by atoms with Gasteiger partial charge in [0.15, 0.2) is 0 Å². The van der Waals surface area contributed by atoms with Crippen LogP contribution in [0.3, 0.4) is 0 Å². The van der Waals surface area contributed by atoms with Crippen molar-refractivity contribution in [1.29, 1.82) is 5.26 Å². The van der Waals surface area contributed by atoms with Crippen molar-refractivity contribution in [3.8, 4) is 6.07 Å². The van der Waals surface area contributed by atoms with Gasteiger partial charge in [-0.05, 0) is 69.4 Å². The van der Waals surface area contributed by atoms with Crippen molar-refractivity contribution in [3.63, 3.8) is 0 Å². The largest absolute Gasteiger partial charge is 0.462 e. The first-order chi connectivity index (χ1) is 15.8. The maximum absolute atomic E-state index is 12.1. The number of carbonyl (C=O) groups is 2. The third-order valence-corrected chi connectivity index (χ3v) is 5.23. The van der Waals surface area contributed by atoms with E-state index in [9.17, 15) is 14.9 Å². The van der Waals surface area contributed by atoms with Gasteiger partial charge in [-0.15, -0.1) is 0 Å². The van der Waals surface area contributed by atoms with E-state index in [4.69, 9.17) is 9.47 Å². The average molecular weight is 450 g/mol. The summed E-state index contributed by atoms with van der Waals surface area (Å²) in [5, 5.41) is 12.5. The molecule has 1 aliphatic heterocycles. The number of anilines is 1. The highest BCUT2D eigenvalue weighted by Gasteiger charge is 2.23. The lowest BCUT2D eigenvalue weighted by Crippen LogP contribution is -2.33. The fraction of sp³-hybridized carbons (Fsp3) is 0.423. The normalized spacial score (nSPS) is 12.6. The van der Waals surface area contributed by atoms with Gasteiger partial charge in [0.1, 0.15) is 11.7 Å². The van der Waals surface area contributed by atoms with Crippen molar-refractivity contribution in [2.24, 2.45) is 0 Å². The number of nitrogens with one attached hydrogen (secondary N) is 1. The monoisotopic (exact) mass is 449 g/mol. The summed E-state index contributed by atoms with van der Waals surface area (Å²) in [6, 6.07) is 15.3. The summed E-state index contributed by atoms with van der Waals surface area (Å²) < 4.78 is 10.6. The SMILES string of the molecule is CC(C)(C)OC(=O)NCCc1cc(C#N)c2c(c1)CCN2CCCOC(=O)c1ccccc1. The van der Waals surface area contributed by atoms with Gasteiger partial charge in [-0.25, -0.2) is 9.59 Å². The van der Waals surface area contributed by atoms with Crippen molar-refractivity contribution in [3.05, 3.63) is 64.7 Å². The molecule has 0 atom stereocenters. The Balaban J connectivity index is 1.51. The van der Waals surface area contributed by atoms with Gasteiger partial charge in [0.2, 0.25) is 0 Å². The Bertz CT molecular complexity index is 1020. The maximum Gasteiger partial charge on any atom is 0.407 e. The van der Waals surface area contributed by atoms with Gasteiger partial charge in [0.25, 0.3) is 0 Å². The molecule has 33 heavy (non-hydrogen) atoms. The Labute approximate surface area is 195 Å². The Morgan fingerprint density at radius 1 is 1.18 bits per heavy atom. The maximum atomic E-state index is 12.1. The van der Waals surface area contributed by atoms with Crippen LogP contribution in [0.4, 0.5) is 10.5 Å². The number of hydrogen-bond donors (Lipinski definition) is 1. The molecule has 0 saturated heterocycles. The Hall–Kier alpha value is -3.53. The Kier molecular flexibility index (Phi) is 7.94. The van der Waals surface area contributed by atoms with E-state index in [1.165, 1.54) is 0 Å². The number of carbonyl (C=O) groups excluding carboxylic acids is 2. The molecule has 1 N–H and O–H groups in total. The van der Waals surface area contributed by atoms with Crippen LogP contribution in [-0.2, 0) is 22.3 Å². The van der Waals surface area contributed by atoms with E-state index in [1.54, 1.807) is 12.1 Å². The molecular formula is C26H31N3O4. The number of nitriles is 1. The number of rotatable bonds is 8. The number of nitrogens with zero attached hydrogens (tertiary/aromatic N) is 2. The van der Waals surface area contributed by atoms with E-state index in [0.29, 0.717) is 43.7 Å². The van der Waals surface area contributed by atoms with E-state index in [2.05, 4.69) is 22.4 Å². The van der Waals surface area contributed by atoms with Crippen molar-refractivity contribution in [2.75, 3.05) is 31.1 Å². The highest BCUT2D eigenvalue weighted by molar-refractivity contribution is 5.89. The molecule has 0 saturated carbocycles. The van der Waals surface area contributed by atoms with Crippen LogP contribution in [0, 0.1) is 11.3 Å². The van der Waals surface area contributed by atoms with Gasteiger partial charge >= 0.3 is 12.1 Å². The van der Waals surface area contributed by atoms with Crippen molar-refractivity contribution in [2.45, 2.75) is 45.6 Å². The number of benzene rings is 2. The zero-order valence-electron chi connectivity index (χ0n) is 19.5. The number of ether oxygens (including phenoxy) is 2. The van der Waals surface area contributed by atoms with Gasteiger partial charge < -0.3 is 19.7 Å². The van der Waals surface area contributed by atoms with Crippen LogP contribution in [0.15, 0.2) is 42.5 Å². The first-order valence-electron chi connectivity index (χ1n) is 11.3. The molecule has 7 heteroatoms. The molecular weight excluding hydrogens is 418 g/mol. The summed E-state index contributed by atoms with van der Waals surface area (Å²) in [6.45, 7) is 7.78. The second-order valence-corrected chi connectivity index (χ2v) is 9.03. The van der Waals surface area contributed by atoms with Crippen LogP contribution >= 0.6 is 0 Å². The zero-order chi connectivity index (χ0) is 23.8. The molecule has 2 aromatic rings. The first kappa shape index (κ1) is 24.1. The van der Waals surface area contributed by atoms with Crippen LogP contribution in [0.1, 0.15) is 54.2 Å². The molecule has 1 aliphatic rings. The predicted octanol–water partition coefficient (Wildman–Crippen LogP) is 4.24. The quantitative estimate of drug-likeness (QED) is 0.479. The first-order valence-corrected chi connectivity index (χ1v) is 11.3. The molecule has 0 spiro atoms. The number of fused-ring (bicyclic) bond motifs is 1. The average Bonchev–Trinajstić information content (AvgIpc) is 3.18. The molecule has 2 aromatic carbocycles. The predicted molar refractivity (Wildman–Crippen MR) is 126 cm³/mol. The molecule has 174 valence electrons. The topological polar surface area (TPSA) is 91.7 Å². The summed E-state index contributed by atoms with van der Waals surface area (Å²) >= 11 is 0. The minimum absolute atomic E-state index is 0.320. The summed E-state index contributed by atoms with van der Waals surface area (Å²) in [5.41, 5.74) is 3.77. The number of hydrogen-bond acceptors (Lipinski definition) is 6. The van der Waals surface area contributed by atoms with Crippen LogP contribution in [0.25, 0.3) is 0 Å². The minimum atomic E-state index is -0.533. The number of alkyl carbamates (subject to hydrolysis) is 1. The molecule has 0 aromatic heterocycles. The lowest BCUT2D eigenvalue weighted by Gasteiger charge is -2.21. The standard InChI is InChI=1S/C26H31N3O4/c1-26(2,3)33-25(31)28-12-10-19-16-21-11-14-29(23(21)22(17-19)18-27)13-7-15-32-24(30)20-8-5-4-6-9-20/h4-6,8-9,16-17H,7,10-15H2,1-3H3,(H,28,31). The number of amides is 1. The lowest BCUT2D eigenvalue weighted by molar-refractivity contribution is 0.0498. The van der Waals surface area contributed by atoms with Crippen LogP contribution in [0.5, 0.6) is 0 Å². The van der Waals surface area contributed by atoms with E-state index in [1.807, 2.05) is 45.0 Å². The summed E-state index contributed by atoms with van der Waals surface area (Å²) in [7, 11) is 0. The Morgan fingerprint density at radius 3 is 2.64 bits per heavy atom.